The predicted octanol–water partition coefficient (Wildman–Crippen LogP) is 3.71. The van der Waals surface area contributed by atoms with Crippen molar-refractivity contribution in [2.45, 2.75) is 31.3 Å². The molecular formula is C21H22N2O. The Kier molecular flexibility index (Phi) is 3.27. The van der Waals surface area contributed by atoms with Crippen LogP contribution in [0, 0.1) is 0 Å². The van der Waals surface area contributed by atoms with Crippen LogP contribution in [0.1, 0.15) is 31.4 Å². The minimum absolute atomic E-state index is 0.116. The molecule has 1 amide bonds. The molecule has 2 aliphatic rings. The van der Waals surface area contributed by atoms with Crippen molar-refractivity contribution in [2.24, 2.45) is 0 Å². The molecule has 24 heavy (non-hydrogen) atoms. The van der Waals surface area contributed by atoms with Crippen molar-refractivity contribution in [3.63, 3.8) is 0 Å². The van der Waals surface area contributed by atoms with E-state index in [1.165, 1.54) is 11.3 Å². The van der Waals surface area contributed by atoms with Crippen molar-refractivity contribution in [1.82, 2.24) is 5.32 Å². The minimum atomic E-state index is -0.526. The highest BCUT2D eigenvalue weighted by molar-refractivity contribution is 5.84. The number of anilines is 1. The first kappa shape index (κ1) is 15.0. The van der Waals surface area contributed by atoms with E-state index in [1.807, 2.05) is 18.2 Å². The van der Waals surface area contributed by atoms with E-state index in [0.29, 0.717) is 6.42 Å². The summed E-state index contributed by atoms with van der Waals surface area (Å²) in [7, 11) is 0. The zero-order chi connectivity index (χ0) is 16.8. The topological polar surface area (TPSA) is 32.3 Å². The summed E-state index contributed by atoms with van der Waals surface area (Å²) in [5, 5.41) is 3.30. The van der Waals surface area contributed by atoms with Crippen LogP contribution in [-0.2, 0) is 10.2 Å². The lowest BCUT2D eigenvalue weighted by Gasteiger charge is -2.49. The van der Waals surface area contributed by atoms with E-state index >= 15 is 0 Å². The van der Waals surface area contributed by atoms with Crippen LogP contribution in [0.2, 0.25) is 0 Å². The van der Waals surface area contributed by atoms with Crippen molar-refractivity contribution in [1.29, 1.82) is 0 Å². The minimum Gasteiger partial charge on any atom is -0.344 e. The van der Waals surface area contributed by atoms with Gasteiger partial charge < -0.3 is 10.2 Å². The van der Waals surface area contributed by atoms with E-state index in [2.05, 4.69) is 72.6 Å². The molecule has 1 N–H and O–H groups in total. The SMILES string of the molecule is CC1(C)c2ccccc2N2CCC(=O)N[C@]21/C=C/c1ccccc1. The summed E-state index contributed by atoms with van der Waals surface area (Å²) in [4.78, 5) is 14.6. The molecule has 0 saturated carbocycles. The zero-order valence-corrected chi connectivity index (χ0v) is 14.1. The van der Waals surface area contributed by atoms with Gasteiger partial charge in [-0.15, -0.1) is 0 Å². The monoisotopic (exact) mass is 318 g/mol. The molecule has 0 unspecified atom stereocenters. The predicted molar refractivity (Wildman–Crippen MR) is 97.8 cm³/mol. The summed E-state index contributed by atoms with van der Waals surface area (Å²) >= 11 is 0. The first-order chi connectivity index (χ1) is 11.5. The normalized spacial score (nSPS) is 24.6. The van der Waals surface area contributed by atoms with Crippen molar-refractivity contribution in [3.05, 3.63) is 71.8 Å². The Balaban J connectivity index is 1.86. The van der Waals surface area contributed by atoms with Crippen LogP contribution >= 0.6 is 0 Å². The van der Waals surface area contributed by atoms with Gasteiger partial charge in [-0.3, -0.25) is 4.79 Å². The highest BCUT2D eigenvalue weighted by Crippen LogP contribution is 2.52. The molecule has 1 fully saturated rings. The van der Waals surface area contributed by atoms with E-state index in [1.54, 1.807) is 0 Å². The third-order valence-corrected chi connectivity index (χ3v) is 5.46. The molecule has 2 aromatic rings. The second-order valence-electron chi connectivity index (χ2n) is 7.10. The van der Waals surface area contributed by atoms with Crippen LogP contribution in [0.15, 0.2) is 60.7 Å². The molecule has 2 aromatic carbocycles. The number of fused-ring (bicyclic) bond motifs is 3. The Bertz CT molecular complexity index is 810. The number of hydrogen-bond donors (Lipinski definition) is 1. The van der Waals surface area contributed by atoms with Crippen LogP contribution in [0.5, 0.6) is 0 Å². The smallest absolute Gasteiger partial charge is 0.223 e. The number of carbonyl (C=O) groups is 1. The Morgan fingerprint density at radius 2 is 1.75 bits per heavy atom. The molecule has 0 bridgehead atoms. The van der Waals surface area contributed by atoms with Gasteiger partial charge in [0.25, 0.3) is 0 Å². The summed E-state index contributed by atoms with van der Waals surface area (Å²) in [6.07, 6.45) is 4.82. The molecular weight excluding hydrogens is 296 g/mol. The van der Waals surface area contributed by atoms with Gasteiger partial charge >= 0.3 is 0 Å². The highest BCUT2D eigenvalue weighted by atomic mass is 16.2. The third-order valence-electron chi connectivity index (χ3n) is 5.46. The molecule has 0 radical (unpaired) electrons. The lowest BCUT2D eigenvalue weighted by molar-refractivity contribution is -0.124. The number of carbonyl (C=O) groups excluding carboxylic acids is 1. The fourth-order valence-electron chi connectivity index (χ4n) is 4.10. The molecule has 1 atom stereocenters. The van der Waals surface area contributed by atoms with Crippen LogP contribution in [0.4, 0.5) is 5.69 Å². The summed E-state index contributed by atoms with van der Waals surface area (Å²) in [6.45, 7) is 5.17. The largest absolute Gasteiger partial charge is 0.344 e. The van der Waals surface area contributed by atoms with Crippen molar-refractivity contribution in [2.75, 3.05) is 11.4 Å². The second-order valence-corrected chi connectivity index (χ2v) is 7.10. The average molecular weight is 318 g/mol. The van der Waals surface area contributed by atoms with E-state index < -0.39 is 5.66 Å². The number of nitrogens with zero attached hydrogens (tertiary/aromatic N) is 1. The number of amides is 1. The van der Waals surface area contributed by atoms with Crippen LogP contribution < -0.4 is 10.2 Å². The first-order valence-electron chi connectivity index (χ1n) is 8.47. The Morgan fingerprint density at radius 3 is 2.54 bits per heavy atom. The van der Waals surface area contributed by atoms with Gasteiger partial charge in [0.15, 0.2) is 0 Å². The highest BCUT2D eigenvalue weighted by Gasteiger charge is 2.57. The average Bonchev–Trinajstić information content (AvgIpc) is 2.79. The summed E-state index contributed by atoms with van der Waals surface area (Å²) < 4.78 is 0. The van der Waals surface area contributed by atoms with Crippen molar-refractivity contribution in [3.8, 4) is 0 Å². The van der Waals surface area contributed by atoms with Gasteiger partial charge in [0.2, 0.25) is 5.91 Å². The molecule has 1 saturated heterocycles. The maximum Gasteiger partial charge on any atom is 0.223 e. The number of nitrogens with one attached hydrogen (secondary N) is 1. The summed E-state index contributed by atoms with van der Waals surface area (Å²) in [5.41, 5.74) is 2.90. The molecule has 0 aliphatic carbocycles. The lowest BCUT2D eigenvalue weighted by Crippen LogP contribution is -2.68. The third kappa shape index (κ3) is 2.01. The Morgan fingerprint density at radius 1 is 1.04 bits per heavy atom. The van der Waals surface area contributed by atoms with E-state index in [0.717, 1.165) is 12.1 Å². The number of hydrogen-bond acceptors (Lipinski definition) is 2. The van der Waals surface area contributed by atoms with Gasteiger partial charge in [0.1, 0.15) is 5.66 Å². The molecule has 0 spiro atoms. The maximum absolute atomic E-state index is 12.3. The molecule has 2 aliphatic heterocycles. The molecule has 2 heterocycles. The van der Waals surface area contributed by atoms with E-state index in [-0.39, 0.29) is 11.3 Å². The van der Waals surface area contributed by atoms with Gasteiger partial charge in [-0.1, -0.05) is 68.5 Å². The fraction of sp³-hybridized carbons (Fsp3) is 0.286. The molecule has 3 nitrogen and oxygen atoms in total. The summed E-state index contributed by atoms with van der Waals surface area (Å²) in [5.74, 6) is 0.116. The number of para-hydroxylation sites is 1. The molecule has 122 valence electrons. The van der Waals surface area contributed by atoms with Crippen molar-refractivity contribution >= 4 is 17.7 Å². The quantitative estimate of drug-likeness (QED) is 0.915. The zero-order valence-electron chi connectivity index (χ0n) is 14.1. The number of rotatable bonds is 2. The molecule has 3 heteroatoms. The Labute approximate surface area is 143 Å². The number of benzene rings is 2. The fourth-order valence-corrected chi connectivity index (χ4v) is 4.10. The van der Waals surface area contributed by atoms with Crippen LogP contribution in [-0.4, -0.2) is 18.1 Å². The van der Waals surface area contributed by atoms with Crippen LogP contribution in [0.3, 0.4) is 0 Å². The second kappa shape index (κ2) is 5.23. The first-order valence-corrected chi connectivity index (χ1v) is 8.47. The van der Waals surface area contributed by atoms with Crippen molar-refractivity contribution < 1.29 is 4.79 Å². The van der Waals surface area contributed by atoms with Gasteiger partial charge in [-0.2, -0.15) is 0 Å². The maximum atomic E-state index is 12.3. The lowest BCUT2D eigenvalue weighted by atomic mass is 9.74. The molecule has 0 aromatic heterocycles. The van der Waals surface area contributed by atoms with Gasteiger partial charge in [0.05, 0.1) is 0 Å². The van der Waals surface area contributed by atoms with Gasteiger partial charge in [-0.05, 0) is 23.3 Å². The van der Waals surface area contributed by atoms with Gasteiger partial charge in [-0.25, -0.2) is 0 Å². The molecule has 4 rings (SSSR count). The van der Waals surface area contributed by atoms with E-state index in [9.17, 15) is 4.79 Å². The standard InChI is InChI=1S/C21H22N2O/c1-20(2)17-10-6-7-11-18(17)23-15-13-19(24)22-21(20,23)14-12-16-8-4-3-5-9-16/h3-12,14H,13,15H2,1-2H3,(H,22,24)/b14-12+/t21-/m1/s1. The van der Waals surface area contributed by atoms with Gasteiger partial charge in [0, 0.05) is 24.1 Å². The summed E-state index contributed by atoms with van der Waals surface area (Å²) in [6, 6.07) is 18.7. The van der Waals surface area contributed by atoms with Crippen LogP contribution in [0.25, 0.3) is 6.08 Å². The van der Waals surface area contributed by atoms with E-state index in [4.69, 9.17) is 0 Å². The Hall–Kier alpha value is -2.55.